The van der Waals surface area contributed by atoms with Crippen LogP contribution in [0.1, 0.15) is 33.6 Å². The predicted octanol–water partition coefficient (Wildman–Crippen LogP) is 3.23. The van der Waals surface area contributed by atoms with Crippen molar-refractivity contribution in [1.82, 2.24) is 5.32 Å². The third-order valence-electron chi connectivity index (χ3n) is 3.68. The lowest BCUT2D eigenvalue weighted by Crippen LogP contribution is -2.29. The van der Waals surface area contributed by atoms with Crippen molar-refractivity contribution in [3.63, 3.8) is 0 Å². The van der Waals surface area contributed by atoms with Crippen LogP contribution in [0.4, 0.5) is 5.69 Å². The van der Waals surface area contributed by atoms with Crippen molar-refractivity contribution in [2.24, 2.45) is 11.8 Å². The van der Waals surface area contributed by atoms with Crippen molar-refractivity contribution in [3.05, 3.63) is 23.2 Å². The summed E-state index contributed by atoms with van der Waals surface area (Å²) < 4.78 is 5.54. The molecule has 0 heterocycles. The van der Waals surface area contributed by atoms with E-state index in [9.17, 15) is 9.59 Å². The fourth-order valence-corrected chi connectivity index (χ4v) is 2.49. The van der Waals surface area contributed by atoms with E-state index in [4.69, 9.17) is 16.3 Å². The number of carbonyl (C=O) groups excluding carboxylic acids is 2. The number of halogens is 1. The van der Waals surface area contributed by atoms with E-state index in [2.05, 4.69) is 10.6 Å². The molecular weight excluding hydrogens is 316 g/mol. The molecule has 23 heavy (non-hydrogen) atoms. The number of amides is 2. The van der Waals surface area contributed by atoms with Gasteiger partial charge in [0.15, 0.2) is 0 Å². The van der Waals surface area contributed by atoms with Crippen LogP contribution in [0, 0.1) is 11.8 Å². The van der Waals surface area contributed by atoms with Crippen LogP contribution in [0.25, 0.3) is 0 Å². The molecule has 0 aliphatic heterocycles. The van der Waals surface area contributed by atoms with Crippen molar-refractivity contribution in [1.29, 1.82) is 0 Å². The Morgan fingerprint density at radius 3 is 2.65 bits per heavy atom. The maximum atomic E-state index is 11.9. The van der Waals surface area contributed by atoms with E-state index in [0.717, 1.165) is 6.42 Å². The van der Waals surface area contributed by atoms with Crippen molar-refractivity contribution in [3.8, 4) is 5.75 Å². The third-order valence-corrected chi connectivity index (χ3v) is 3.97. The molecule has 126 valence electrons. The summed E-state index contributed by atoms with van der Waals surface area (Å²) in [5, 5.41) is 6.00. The van der Waals surface area contributed by atoms with E-state index < -0.39 is 0 Å². The molecule has 2 amide bonds. The van der Waals surface area contributed by atoms with Gasteiger partial charge in [-0.2, -0.15) is 0 Å². The Morgan fingerprint density at radius 2 is 2.09 bits per heavy atom. The first-order valence-corrected chi connectivity index (χ1v) is 8.28. The van der Waals surface area contributed by atoms with Gasteiger partial charge in [0.2, 0.25) is 11.8 Å². The first kappa shape index (κ1) is 17.6. The molecule has 0 spiro atoms. The number of nitrogens with one attached hydrogen (secondary N) is 2. The maximum absolute atomic E-state index is 11.9. The standard InChI is InChI=1S/C17H23ClN2O3/c1-10(2)23-15-5-4-12(9-14(15)18)20-16(21)6-7-19-17(22)13-8-11(13)3/h4-5,9-11,13H,6-8H2,1-3H3,(H,19,22)(H,20,21)/t11-,13-/m0/s1. The largest absolute Gasteiger partial charge is 0.489 e. The van der Waals surface area contributed by atoms with E-state index in [1.165, 1.54) is 0 Å². The Morgan fingerprint density at radius 1 is 1.39 bits per heavy atom. The Labute approximate surface area is 141 Å². The summed E-state index contributed by atoms with van der Waals surface area (Å²) in [6, 6.07) is 5.13. The van der Waals surface area contributed by atoms with Gasteiger partial charge in [0, 0.05) is 24.6 Å². The third kappa shape index (κ3) is 5.43. The number of anilines is 1. The van der Waals surface area contributed by atoms with Crippen molar-refractivity contribution in [2.75, 3.05) is 11.9 Å². The van der Waals surface area contributed by atoms with Crippen LogP contribution in [0.2, 0.25) is 5.02 Å². The first-order chi connectivity index (χ1) is 10.9. The SMILES string of the molecule is CC(C)Oc1ccc(NC(=O)CCNC(=O)[C@H]2C[C@@H]2C)cc1Cl. The van der Waals surface area contributed by atoms with Crippen LogP contribution in [0.15, 0.2) is 18.2 Å². The van der Waals surface area contributed by atoms with Gasteiger partial charge in [-0.1, -0.05) is 18.5 Å². The lowest BCUT2D eigenvalue weighted by Gasteiger charge is -2.13. The molecule has 2 atom stereocenters. The predicted molar refractivity (Wildman–Crippen MR) is 90.7 cm³/mol. The summed E-state index contributed by atoms with van der Waals surface area (Å²) in [6.07, 6.45) is 1.21. The smallest absolute Gasteiger partial charge is 0.226 e. The Bertz CT molecular complexity index is 589. The Balaban J connectivity index is 1.76. The van der Waals surface area contributed by atoms with E-state index in [1.807, 2.05) is 20.8 Å². The minimum absolute atomic E-state index is 0.0331. The average Bonchev–Trinajstić information content (AvgIpc) is 3.18. The van der Waals surface area contributed by atoms with Gasteiger partial charge < -0.3 is 15.4 Å². The number of carbonyl (C=O) groups is 2. The number of ether oxygens (including phenoxy) is 1. The topological polar surface area (TPSA) is 67.4 Å². The molecule has 2 N–H and O–H groups in total. The Hall–Kier alpha value is -1.75. The van der Waals surface area contributed by atoms with Gasteiger partial charge in [-0.3, -0.25) is 9.59 Å². The molecule has 1 aliphatic carbocycles. The molecule has 0 radical (unpaired) electrons. The molecule has 0 unspecified atom stereocenters. The zero-order chi connectivity index (χ0) is 17.0. The van der Waals surface area contributed by atoms with Gasteiger partial charge in [-0.05, 0) is 44.4 Å². The second-order valence-electron chi connectivity index (χ2n) is 6.22. The van der Waals surface area contributed by atoms with Gasteiger partial charge in [0.05, 0.1) is 11.1 Å². The highest BCUT2D eigenvalue weighted by atomic mass is 35.5. The average molecular weight is 339 g/mol. The minimum Gasteiger partial charge on any atom is -0.489 e. The molecule has 1 fully saturated rings. The molecule has 0 saturated heterocycles. The molecule has 0 aromatic heterocycles. The molecule has 1 aromatic carbocycles. The highest BCUT2D eigenvalue weighted by molar-refractivity contribution is 6.32. The monoisotopic (exact) mass is 338 g/mol. The first-order valence-electron chi connectivity index (χ1n) is 7.90. The van der Waals surface area contributed by atoms with Crippen molar-refractivity contribution >= 4 is 29.1 Å². The molecule has 2 rings (SSSR count). The molecule has 6 heteroatoms. The van der Waals surface area contributed by atoms with Crippen molar-refractivity contribution < 1.29 is 14.3 Å². The fourth-order valence-electron chi connectivity index (χ4n) is 2.27. The molecule has 1 saturated carbocycles. The fraction of sp³-hybridized carbons (Fsp3) is 0.529. The summed E-state index contributed by atoms with van der Waals surface area (Å²) >= 11 is 6.12. The molecule has 5 nitrogen and oxygen atoms in total. The van der Waals surface area contributed by atoms with Crippen molar-refractivity contribution in [2.45, 2.75) is 39.7 Å². The lowest BCUT2D eigenvalue weighted by molar-refractivity contribution is -0.122. The summed E-state index contributed by atoms with van der Waals surface area (Å²) in [4.78, 5) is 23.5. The van der Waals surface area contributed by atoms with Gasteiger partial charge in [-0.15, -0.1) is 0 Å². The zero-order valence-electron chi connectivity index (χ0n) is 13.7. The van der Waals surface area contributed by atoms with Gasteiger partial charge >= 0.3 is 0 Å². The zero-order valence-corrected chi connectivity index (χ0v) is 14.4. The second-order valence-corrected chi connectivity index (χ2v) is 6.63. The second kappa shape index (κ2) is 7.68. The summed E-state index contributed by atoms with van der Waals surface area (Å²) in [7, 11) is 0. The van der Waals surface area contributed by atoms with Crippen LogP contribution < -0.4 is 15.4 Å². The Kier molecular flexibility index (Phi) is 5.88. The number of benzene rings is 1. The quantitative estimate of drug-likeness (QED) is 0.802. The minimum atomic E-state index is -0.164. The van der Waals surface area contributed by atoms with Crippen LogP contribution in [0.5, 0.6) is 5.75 Å². The van der Waals surface area contributed by atoms with E-state index in [1.54, 1.807) is 18.2 Å². The van der Waals surface area contributed by atoms with Crippen LogP contribution in [-0.4, -0.2) is 24.5 Å². The molecular formula is C17H23ClN2O3. The maximum Gasteiger partial charge on any atom is 0.226 e. The summed E-state index contributed by atoms with van der Waals surface area (Å²) in [5.41, 5.74) is 0.609. The van der Waals surface area contributed by atoms with Crippen LogP contribution >= 0.6 is 11.6 Å². The van der Waals surface area contributed by atoms with E-state index in [0.29, 0.717) is 28.9 Å². The van der Waals surface area contributed by atoms with Crippen LogP contribution in [0.3, 0.4) is 0 Å². The van der Waals surface area contributed by atoms with Gasteiger partial charge in [-0.25, -0.2) is 0 Å². The number of hydrogen-bond acceptors (Lipinski definition) is 3. The number of hydrogen-bond donors (Lipinski definition) is 2. The summed E-state index contributed by atoms with van der Waals surface area (Å²) in [6.45, 7) is 6.23. The highest BCUT2D eigenvalue weighted by Gasteiger charge is 2.38. The van der Waals surface area contributed by atoms with E-state index >= 15 is 0 Å². The van der Waals surface area contributed by atoms with Gasteiger partial charge in [0.25, 0.3) is 0 Å². The molecule has 1 aliphatic rings. The van der Waals surface area contributed by atoms with E-state index in [-0.39, 0.29) is 30.3 Å². The molecule has 0 bridgehead atoms. The number of rotatable bonds is 7. The molecule has 1 aromatic rings. The van der Waals surface area contributed by atoms with Gasteiger partial charge in [0.1, 0.15) is 5.75 Å². The summed E-state index contributed by atoms with van der Waals surface area (Å²) in [5.74, 6) is 1.07. The lowest BCUT2D eigenvalue weighted by atomic mass is 10.2. The highest BCUT2D eigenvalue weighted by Crippen LogP contribution is 2.37. The normalized spacial score (nSPS) is 19.3. The van der Waals surface area contributed by atoms with Crippen LogP contribution in [-0.2, 0) is 9.59 Å².